The first-order valence-electron chi connectivity index (χ1n) is 9.45. The van der Waals surface area contributed by atoms with E-state index in [9.17, 15) is 0 Å². The van der Waals surface area contributed by atoms with Gasteiger partial charge in [-0.15, -0.1) is 0 Å². The number of rotatable bonds is 11. The van der Waals surface area contributed by atoms with Gasteiger partial charge in [-0.25, -0.2) is 0 Å². The van der Waals surface area contributed by atoms with Gasteiger partial charge in [0.25, 0.3) is 0 Å². The van der Waals surface area contributed by atoms with Crippen molar-refractivity contribution in [1.29, 1.82) is 0 Å². The van der Waals surface area contributed by atoms with E-state index in [0.717, 1.165) is 32.4 Å². The van der Waals surface area contributed by atoms with Gasteiger partial charge >= 0.3 is 0 Å². The van der Waals surface area contributed by atoms with Crippen LogP contribution in [0.3, 0.4) is 0 Å². The van der Waals surface area contributed by atoms with Crippen LogP contribution >= 0.6 is 0 Å². The average Bonchev–Trinajstić information content (AvgIpc) is 2.63. The van der Waals surface area contributed by atoms with E-state index >= 15 is 0 Å². The van der Waals surface area contributed by atoms with Crippen LogP contribution in [0.15, 0.2) is 0 Å². The van der Waals surface area contributed by atoms with Crippen LogP contribution in [0, 0.1) is 6.92 Å². The normalized spacial score (nSPS) is 10.7. The molecule has 27 heavy (non-hydrogen) atoms. The number of aromatic nitrogens is 6. The molecule has 0 bridgehead atoms. The van der Waals surface area contributed by atoms with Crippen LogP contribution in [0.1, 0.15) is 44.8 Å². The van der Waals surface area contributed by atoms with Crippen LogP contribution < -0.4 is 21.3 Å². The van der Waals surface area contributed by atoms with Gasteiger partial charge in [0.1, 0.15) is 11.6 Å². The molecule has 0 aromatic carbocycles. The molecule has 0 aliphatic heterocycles. The van der Waals surface area contributed by atoms with Gasteiger partial charge in [-0.05, 0) is 20.3 Å². The van der Waals surface area contributed by atoms with E-state index in [2.05, 4.69) is 52.4 Å². The largest absolute Gasteiger partial charge is 0.368 e. The van der Waals surface area contributed by atoms with Gasteiger partial charge in [-0.2, -0.15) is 29.9 Å². The van der Waals surface area contributed by atoms with Crippen LogP contribution in [-0.2, 0) is 6.42 Å². The zero-order valence-corrected chi connectivity index (χ0v) is 16.7. The van der Waals surface area contributed by atoms with Crippen molar-refractivity contribution in [3.63, 3.8) is 0 Å². The monoisotopic (exact) mass is 374 g/mol. The standard InChI is InChI=1S/C17H30N10/c1-5-7-8-10-27(17-22-12(3)21-14(18)25-17)11-9-13-23-15(19-4)26-16(24-13)20-6-2/h5-11H2,1-4H3,(H2,18,21,22,25)(H2,19,20,23,24,26). The van der Waals surface area contributed by atoms with Crippen molar-refractivity contribution < 1.29 is 0 Å². The maximum absolute atomic E-state index is 5.81. The molecule has 2 rings (SSSR count). The van der Waals surface area contributed by atoms with Crippen molar-refractivity contribution in [2.24, 2.45) is 0 Å². The fourth-order valence-electron chi connectivity index (χ4n) is 2.61. The molecular formula is C17H30N10. The minimum Gasteiger partial charge on any atom is -0.368 e. The molecule has 0 aliphatic rings. The van der Waals surface area contributed by atoms with Gasteiger partial charge in [0.15, 0.2) is 0 Å². The summed E-state index contributed by atoms with van der Waals surface area (Å²) in [4.78, 5) is 28.2. The number of nitrogen functional groups attached to an aromatic ring is 1. The molecule has 2 aromatic heterocycles. The maximum Gasteiger partial charge on any atom is 0.230 e. The Morgan fingerprint density at radius 2 is 1.70 bits per heavy atom. The summed E-state index contributed by atoms with van der Waals surface area (Å²) in [6.45, 7) is 8.29. The summed E-state index contributed by atoms with van der Waals surface area (Å²) in [5, 5.41) is 6.11. The molecule has 0 unspecified atom stereocenters. The van der Waals surface area contributed by atoms with Crippen molar-refractivity contribution in [2.75, 3.05) is 47.9 Å². The van der Waals surface area contributed by atoms with Crippen LogP contribution in [-0.4, -0.2) is 56.6 Å². The van der Waals surface area contributed by atoms with Crippen LogP contribution in [0.4, 0.5) is 23.8 Å². The lowest BCUT2D eigenvalue weighted by atomic mass is 10.2. The van der Waals surface area contributed by atoms with Crippen molar-refractivity contribution in [1.82, 2.24) is 29.9 Å². The van der Waals surface area contributed by atoms with Crippen LogP contribution in [0.2, 0.25) is 0 Å². The Morgan fingerprint density at radius 3 is 2.37 bits per heavy atom. The molecule has 0 saturated carbocycles. The number of anilines is 4. The third kappa shape index (κ3) is 6.46. The Balaban J connectivity index is 2.16. The fourth-order valence-corrected chi connectivity index (χ4v) is 2.61. The van der Waals surface area contributed by atoms with Crippen molar-refractivity contribution in [3.8, 4) is 0 Å². The quantitative estimate of drug-likeness (QED) is 0.499. The molecule has 2 heterocycles. The minimum atomic E-state index is 0.241. The summed E-state index contributed by atoms with van der Waals surface area (Å²) in [5.41, 5.74) is 5.81. The molecule has 0 saturated heterocycles. The molecular weight excluding hydrogens is 344 g/mol. The molecule has 0 spiro atoms. The molecule has 0 amide bonds. The number of nitrogens with two attached hydrogens (primary N) is 1. The maximum atomic E-state index is 5.81. The zero-order chi connectivity index (χ0) is 19.6. The number of aryl methyl sites for hydroxylation is 1. The first-order valence-corrected chi connectivity index (χ1v) is 9.45. The van der Waals surface area contributed by atoms with E-state index < -0.39 is 0 Å². The Bertz CT molecular complexity index is 701. The Hall–Kier alpha value is -2.78. The molecule has 2 aromatic rings. The van der Waals surface area contributed by atoms with Crippen LogP contribution in [0.25, 0.3) is 0 Å². The second kappa shape index (κ2) is 10.4. The van der Waals surface area contributed by atoms with E-state index in [0.29, 0.717) is 42.5 Å². The summed E-state index contributed by atoms with van der Waals surface area (Å²) in [6.07, 6.45) is 4.00. The molecule has 148 valence electrons. The number of hydrogen-bond donors (Lipinski definition) is 3. The van der Waals surface area contributed by atoms with Crippen molar-refractivity contribution in [3.05, 3.63) is 11.6 Å². The number of unbranched alkanes of at least 4 members (excludes halogenated alkanes) is 2. The van der Waals surface area contributed by atoms with E-state index in [1.54, 1.807) is 7.05 Å². The molecule has 4 N–H and O–H groups in total. The van der Waals surface area contributed by atoms with Gasteiger partial charge in [-0.1, -0.05) is 19.8 Å². The summed E-state index contributed by atoms with van der Waals surface area (Å²) in [6, 6.07) is 0. The van der Waals surface area contributed by atoms with Crippen molar-refractivity contribution >= 4 is 23.8 Å². The second-order valence-electron chi connectivity index (χ2n) is 6.16. The average molecular weight is 374 g/mol. The first kappa shape index (κ1) is 20.5. The third-order valence-corrected chi connectivity index (χ3v) is 3.91. The molecule has 0 radical (unpaired) electrons. The zero-order valence-electron chi connectivity index (χ0n) is 16.7. The smallest absolute Gasteiger partial charge is 0.230 e. The lowest BCUT2D eigenvalue weighted by molar-refractivity contribution is 0.652. The lowest BCUT2D eigenvalue weighted by Gasteiger charge is -2.22. The highest BCUT2D eigenvalue weighted by atomic mass is 15.3. The third-order valence-electron chi connectivity index (χ3n) is 3.91. The summed E-state index contributed by atoms with van der Waals surface area (Å²) in [7, 11) is 1.79. The number of nitrogens with zero attached hydrogens (tertiary/aromatic N) is 7. The summed E-state index contributed by atoms with van der Waals surface area (Å²) < 4.78 is 0. The molecule has 10 heteroatoms. The Labute approximate surface area is 160 Å². The molecule has 0 aliphatic carbocycles. The molecule has 10 nitrogen and oxygen atoms in total. The topological polar surface area (TPSA) is 131 Å². The van der Waals surface area contributed by atoms with E-state index in [-0.39, 0.29) is 5.95 Å². The highest BCUT2D eigenvalue weighted by Gasteiger charge is 2.13. The highest BCUT2D eigenvalue weighted by Crippen LogP contribution is 2.13. The molecule has 0 atom stereocenters. The Kier molecular flexibility index (Phi) is 7.90. The van der Waals surface area contributed by atoms with Gasteiger partial charge in [0.05, 0.1) is 0 Å². The predicted molar refractivity (Wildman–Crippen MR) is 108 cm³/mol. The van der Waals surface area contributed by atoms with Gasteiger partial charge in [-0.3, -0.25) is 0 Å². The van der Waals surface area contributed by atoms with Gasteiger partial charge in [0.2, 0.25) is 23.8 Å². The summed E-state index contributed by atoms with van der Waals surface area (Å²) >= 11 is 0. The fraction of sp³-hybridized carbons (Fsp3) is 0.647. The lowest BCUT2D eigenvalue weighted by Crippen LogP contribution is -2.30. The highest BCUT2D eigenvalue weighted by molar-refractivity contribution is 5.36. The first-order chi connectivity index (χ1) is 13.0. The van der Waals surface area contributed by atoms with Crippen LogP contribution in [0.5, 0.6) is 0 Å². The van der Waals surface area contributed by atoms with Gasteiger partial charge < -0.3 is 21.3 Å². The van der Waals surface area contributed by atoms with Gasteiger partial charge in [0, 0.05) is 33.1 Å². The number of hydrogen-bond acceptors (Lipinski definition) is 10. The van der Waals surface area contributed by atoms with E-state index in [4.69, 9.17) is 5.73 Å². The van der Waals surface area contributed by atoms with E-state index in [1.165, 1.54) is 0 Å². The number of nitrogens with one attached hydrogen (secondary N) is 2. The predicted octanol–water partition coefficient (Wildman–Crippen LogP) is 1.66. The Morgan fingerprint density at radius 1 is 0.926 bits per heavy atom. The van der Waals surface area contributed by atoms with Crippen molar-refractivity contribution in [2.45, 2.75) is 46.5 Å². The summed E-state index contributed by atoms with van der Waals surface area (Å²) in [5.74, 6) is 3.30. The van der Waals surface area contributed by atoms with E-state index in [1.807, 2.05) is 13.8 Å². The second-order valence-corrected chi connectivity index (χ2v) is 6.16. The SMILES string of the molecule is CCCCCN(CCc1nc(NC)nc(NCC)n1)c1nc(C)nc(N)n1. The minimum absolute atomic E-state index is 0.241. The molecule has 0 fully saturated rings.